The fourth-order valence-electron chi connectivity index (χ4n) is 3.05. The number of rotatable bonds is 18. The van der Waals surface area contributed by atoms with Crippen LogP contribution < -0.4 is 5.73 Å². The van der Waals surface area contributed by atoms with E-state index < -0.39 is 31.0 Å². The Morgan fingerprint density at radius 2 is 1.37 bits per heavy atom. The molecule has 162 valence electrons. The predicted molar refractivity (Wildman–Crippen MR) is 109 cm³/mol. The maximum absolute atomic E-state index is 9.92. The summed E-state index contributed by atoms with van der Waals surface area (Å²) < 4.78 is 0. The van der Waals surface area contributed by atoms with Crippen LogP contribution in [0.1, 0.15) is 84.0 Å². The van der Waals surface area contributed by atoms with Crippen molar-refractivity contribution in [2.75, 3.05) is 13.2 Å². The Hall–Kier alpha value is -0.500. The molecule has 1 unspecified atom stereocenters. The van der Waals surface area contributed by atoms with E-state index in [4.69, 9.17) is 15.9 Å². The van der Waals surface area contributed by atoms with E-state index >= 15 is 0 Å². The van der Waals surface area contributed by atoms with Crippen LogP contribution in [-0.2, 0) is 0 Å². The van der Waals surface area contributed by atoms with Crippen molar-refractivity contribution in [2.24, 2.45) is 5.73 Å². The molecule has 0 aromatic carbocycles. The van der Waals surface area contributed by atoms with Crippen molar-refractivity contribution in [3.05, 3.63) is 12.2 Å². The molecule has 0 saturated carbocycles. The average molecular weight is 390 g/mol. The zero-order valence-corrected chi connectivity index (χ0v) is 17.1. The molecule has 0 aliphatic carbocycles. The van der Waals surface area contributed by atoms with Crippen molar-refractivity contribution >= 4 is 0 Å². The van der Waals surface area contributed by atoms with Gasteiger partial charge in [0, 0.05) is 0 Å². The second-order valence-corrected chi connectivity index (χ2v) is 7.76. The molecule has 27 heavy (non-hydrogen) atoms. The quantitative estimate of drug-likeness (QED) is 0.157. The van der Waals surface area contributed by atoms with E-state index in [0.29, 0.717) is 0 Å². The Bertz CT molecular complexity index is 360. The number of hydrogen-bond acceptors (Lipinski definition) is 6. The lowest BCUT2D eigenvalue weighted by atomic mass is 9.90. The van der Waals surface area contributed by atoms with Crippen LogP contribution in [0.5, 0.6) is 0 Å². The number of unbranched alkanes of at least 4 members (excludes halogenated alkanes) is 7. The van der Waals surface area contributed by atoms with Gasteiger partial charge in [0.1, 0.15) is 6.10 Å². The molecule has 0 aromatic rings. The molecular formula is C21H43NO5. The lowest BCUT2D eigenvalue weighted by molar-refractivity contribution is -0.0616. The van der Waals surface area contributed by atoms with Crippen LogP contribution in [0.4, 0.5) is 0 Å². The first kappa shape index (κ1) is 26.5. The minimum atomic E-state index is -1.59. The van der Waals surface area contributed by atoms with Crippen molar-refractivity contribution in [3.63, 3.8) is 0 Å². The Kier molecular flexibility index (Phi) is 16.1. The van der Waals surface area contributed by atoms with Gasteiger partial charge in [-0.05, 0) is 32.1 Å². The lowest BCUT2D eigenvalue weighted by Gasteiger charge is -2.33. The van der Waals surface area contributed by atoms with Gasteiger partial charge in [0.25, 0.3) is 0 Å². The molecule has 0 bridgehead atoms. The second-order valence-electron chi connectivity index (χ2n) is 7.76. The summed E-state index contributed by atoms with van der Waals surface area (Å²) in [6.45, 7) is 0.994. The van der Waals surface area contributed by atoms with Gasteiger partial charge in [-0.3, -0.25) is 0 Å². The molecule has 0 amide bonds. The summed E-state index contributed by atoms with van der Waals surface area (Å²) in [5.41, 5.74) is 4.06. The fourth-order valence-corrected chi connectivity index (χ4v) is 3.05. The molecular weight excluding hydrogens is 346 g/mol. The first-order valence-electron chi connectivity index (χ1n) is 10.6. The third kappa shape index (κ3) is 12.5. The van der Waals surface area contributed by atoms with Crippen LogP contribution in [0.3, 0.4) is 0 Å². The first-order chi connectivity index (χ1) is 12.9. The second kappa shape index (κ2) is 16.5. The third-order valence-electron chi connectivity index (χ3n) is 5.14. The summed E-state index contributed by atoms with van der Waals surface area (Å²) in [7, 11) is 0. The lowest BCUT2D eigenvalue weighted by Crippen LogP contribution is -2.60. The van der Waals surface area contributed by atoms with E-state index in [-0.39, 0.29) is 12.5 Å². The fraction of sp³-hybridized carbons (Fsp3) is 0.905. The van der Waals surface area contributed by atoms with Crippen molar-refractivity contribution in [1.29, 1.82) is 0 Å². The summed E-state index contributed by atoms with van der Waals surface area (Å²) in [5.74, 6) is 0. The number of allylic oxidation sites excluding steroid dienone is 1. The Labute approximate surface area is 165 Å². The van der Waals surface area contributed by atoms with Crippen molar-refractivity contribution < 1.29 is 25.5 Å². The molecule has 0 saturated heterocycles. The monoisotopic (exact) mass is 389 g/mol. The molecule has 0 aliphatic rings. The zero-order valence-electron chi connectivity index (χ0n) is 17.1. The van der Waals surface area contributed by atoms with Crippen LogP contribution in [0, 0.1) is 0 Å². The molecule has 0 radical (unpaired) electrons. The molecule has 6 nitrogen and oxygen atoms in total. The zero-order chi connectivity index (χ0) is 20.5. The molecule has 0 heterocycles. The van der Waals surface area contributed by atoms with Gasteiger partial charge in [-0.1, -0.05) is 64.0 Å². The number of nitrogens with two attached hydrogens (primary N) is 1. The topological polar surface area (TPSA) is 127 Å². The summed E-state index contributed by atoms with van der Waals surface area (Å²) in [6, 6.07) is 0. The summed E-state index contributed by atoms with van der Waals surface area (Å²) >= 11 is 0. The first-order valence-corrected chi connectivity index (χ1v) is 10.6. The summed E-state index contributed by atoms with van der Waals surface area (Å²) in [5, 5.41) is 48.0. The summed E-state index contributed by atoms with van der Waals surface area (Å²) in [4.78, 5) is 0. The smallest absolute Gasteiger partial charge is 0.103 e. The van der Waals surface area contributed by atoms with Gasteiger partial charge < -0.3 is 31.3 Å². The van der Waals surface area contributed by atoms with E-state index in [1.165, 1.54) is 19.3 Å². The highest BCUT2D eigenvalue weighted by atomic mass is 16.3. The van der Waals surface area contributed by atoms with E-state index in [9.17, 15) is 15.3 Å². The average Bonchev–Trinajstić information content (AvgIpc) is 2.68. The molecule has 3 atom stereocenters. The van der Waals surface area contributed by atoms with Crippen molar-refractivity contribution in [3.8, 4) is 0 Å². The van der Waals surface area contributed by atoms with Crippen LogP contribution in [-0.4, -0.2) is 62.6 Å². The predicted octanol–water partition coefficient (Wildman–Crippen LogP) is 2.01. The van der Waals surface area contributed by atoms with Gasteiger partial charge in [-0.15, -0.1) is 0 Å². The molecule has 0 spiro atoms. The van der Waals surface area contributed by atoms with Crippen LogP contribution in [0.15, 0.2) is 12.2 Å². The molecule has 0 fully saturated rings. The Morgan fingerprint density at radius 1 is 0.815 bits per heavy atom. The third-order valence-corrected chi connectivity index (χ3v) is 5.14. The maximum Gasteiger partial charge on any atom is 0.103 e. The van der Waals surface area contributed by atoms with Crippen LogP contribution in [0.25, 0.3) is 0 Å². The Morgan fingerprint density at radius 3 is 1.93 bits per heavy atom. The summed E-state index contributed by atoms with van der Waals surface area (Å²) in [6.07, 6.45) is 13.2. The van der Waals surface area contributed by atoms with Crippen molar-refractivity contribution in [2.45, 2.75) is 108 Å². The minimum Gasteiger partial charge on any atom is -0.394 e. The van der Waals surface area contributed by atoms with Gasteiger partial charge >= 0.3 is 0 Å². The standard InChI is InChI=1S/C21H43NO5/c1-2-3-4-10-13-18(25)14-11-8-6-5-7-9-12-15-19(26)20(27)21(22,16-23)17-24/h9,12,18-20,23-27H,2-8,10-11,13-17,22H2,1H3/b12-9+/t18?,19-,20+/m1/s1. The van der Waals surface area contributed by atoms with Gasteiger partial charge in [0.2, 0.25) is 0 Å². The molecule has 0 aromatic heterocycles. The van der Waals surface area contributed by atoms with E-state index in [1.807, 2.05) is 6.08 Å². The van der Waals surface area contributed by atoms with Crippen LogP contribution >= 0.6 is 0 Å². The van der Waals surface area contributed by atoms with E-state index in [1.54, 1.807) is 6.08 Å². The van der Waals surface area contributed by atoms with Crippen LogP contribution in [0.2, 0.25) is 0 Å². The molecule has 6 heteroatoms. The van der Waals surface area contributed by atoms with Gasteiger partial charge in [-0.25, -0.2) is 0 Å². The van der Waals surface area contributed by atoms with Gasteiger partial charge in [0.15, 0.2) is 0 Å². The number of aliphatic hydroxyl groups excluding tert-OH is 5. The largest absolute Gasteiger partial charge is 0.394 e. The van der Waals surface area contributed by atoms with Gasteiger partial charge in [0.05, 0.1) is 31.0 Å². The molecule has 7 N–H and O–H groups in total. The number of hydrogen-bond donors (Lipinski definition) is 6. The SMILES string of the molecule is CCCCCCC(O)CCCCCC/C=C/C[C@@H](O)[C@H](O)C(N)(CO)CO. The Balaban J connectivity index is 3.67. The maximum atomic E-state index is 9.92. The van der Waals surface area contributed by atoms with E-state index in [2.05, 4.69) is 6.92 Å². The van der Waals surface area contributed by atoms with Gasteiger partial charge in [-0.2, -0.15) is 0 Å². The molecule has 0 rings (SSSR count). The normalized spacial score (nSPS) is 16.0. The molecule has 0 aliphatic heterocycles. The minimum absolute atomic E-state index is 0.151. The number of aliphatic hydroxyl groups is 5. The van der Waals surface area contributed by atoms with Crippen molar-refractivity contribution in [1.82, 2.24) is 0 Å². The highest BCUT2D eigenvalue weighted by Gasteiger charge is 2.36. The highest BCUT2D eigenvalue weighted by Crippen LogP contribution is 2.15. The highest BCUT2D eigenvalue weighted by molar-refractivity contribution is 4.97. The van der Waals surface area contributed by atoms with E-state index in [0.717, 1.165) is 51.4 Å².